The topological polar surface area (TPSA) is 71.1 Å². The molecule has 0 aliphatic heterocycles. The molecule has 1 atom stereocenters. The van der Waals surface area contributed by atoms with E-state index < -0.39 is 0 Å². The highest BCUT2D eigenvalue weighted by molar-refractivity contribution is 5.98. The zero-order chi connectivity index (χ0) is 15.2. The maximum absolute atomic E-state index is 8.92. The van der Waals surface area contributed by atoms with Gasteiger partial charge in [0.15, 0.2) is 5.84 Å². The Morgan fingerprint density at radius 1 is 1.48 bits per heavy atom. The first-order valence-electron chi connectivity index (χ1n) is 7.46. The molecule has 5 nitrogen and oxygen atoms in total. The van der Waals surface area contributed by atoms with E-state index in [9.17, 15) is 0 Å². The molecule has 1 fully saturated rings. The third kappa shape index (κ3) is 4.19. The molecule has 0 amide bonds. The van der Waals surface area contributed by atoms with Crippen LogP contribution in [0.4, 0.5) is 0 Å². The van der Waals surface area contributed by atoms with Crippen molar-refractivity contribution in [3.8, 4) is 0 Å². The molecule has 1 aliphatic carbocycles. The molecule has 5 heteroatoms. The molecular formula is C16H25N3O2. The summed E-state index contributed by atoms with van der Waals surface area (Å²) in [6, 6.07) is 8.34. The van der Waals surface area contributed by atoms with Gasteiger partial charge in [-0.15, -0.1) is 0 Å². The average molecular weight is 291 g/mol. The Morgan fingerprint density at radius 2 is 2.19 bits per heavy atom. The van der Waals surface area contributed by atoms with E-state index in [1.165, 1.54) is 12.8 Å². The Kier molecular flexibility index (Phi) is 5.59. The Bertz CT molecular complexity index is 486. The van der Waals surface area contributed by atoms with E-state index in [0.29, 0.717) is 12.6 Å². The van der Waals surface area contributed by atoms with Gasteiger partial charge in [-0.05, 0) is 31.2 Å². The van der Waals surface area contributed by atoms with E-state index in [1.54, 1.807) is 7.11 Å². The number of nitrogens with two attached hydrogens (primary N) is 1. The highest BCUT2D eigenvalue weighted by Gasteiger charge is 2.32. The summed E-state index contributed by atoms with van der Waals surface area (Å²) in [7, 11) is 1.73. The van der Waals surface area contributed by atoms with Crippen molar-refractivity contribution in [3.63, 3.8) is 0 Å². The van der Waals surface area contributed by atoms with Crippen molar-refractivity contribution in [2.24, 2.45) is 16.8 Å². The SMILES string of the molecule is COCCN(Cc1ccccc1C(N)=NO)C(C)C1CC1. The highest BCUT2D eigenvalue weighted by Crippen LogP contribution is 2.35. The second-order valence-electron chi connectivity index (χ2n) is 5.68. The predicted octanol–water partition coefficient (Wildman–Crippen LogP) is 2.03. The van der Waals surface area contributed by atoms with Crippen molar-refractivity contribution >= 4 is 5.84 Å². The van der Waals surface area contributed by atoms with Gasteiger partial charge < -0.3 is 15.7 Å². The van der Waals surface area contributed by atoms with Gasteiger partial charge in [0, 0.05) is 31.8 Å². The van der Waals surface area contributed by atoms with E-state index in [0.717, 1.165) is 30.1 Å². The van der Waals surface area contributed by atoms with Gasteiger partial charge in [0.1, 0.15) is 0 Å². The molecule has 1 aliphatic rings. The first kappa shape index (κ1) is 15.8. The van der Waals surface area contributed by atoms with E-state index in [-0.39, 0.29) is 5.84 Å². The number of hydrogen-bond donors (Lipinski definition) is 2. The molecule has 21 heavy (non-hydrogen) atoms. The smallest absolute Gasteiger partial charge is 0.170 e. The monoisotopic (exact) mass is 291 g/mol. The molecule has 0 saturated heterocycles. The number of nitrogens with zero attached hydrogens (tertiary/aromatic N) is 2. The molecule has 1 saturated carbocycles. The van der Waals surface area contributed by atoms with Crippen molar-refractivity contribution in [2.75, 3.05) is 20.3 Å². The molecule has 0 heterocycles. The minimum atomic E-state index is 0.163. The van der Waals surface area contributed by atoms with Gasteiger partial charge in [-0.3, -0.25) is 4.90 Å². The van der Waals surface area contributed by atoms with Crippen LogP contribution in [0.3, 0.4) is 0 Å². The fourth-order valence-electron chi connectivity index (χ4n) is 2.69. The maximum atomic E-state index is 8.92. The Labute approximate surface area is 126 Å². The van der Waals surface area contributed by atoms with E-state index in [2.05, 4.69) is 17.0 Å². The number of hydrogen-bond acceptors (Lipinski definition) is 4. The standard InChI is InChI=1S/C16H25N3O2/c1-12(13-7-8-13)19(9-10-21-2)11-14-5-3-4-6-15(14)16(17)18-20/h3-6,12-13,20H,7-11H2,1-2H3,(H2,17,18). The summed E-state index contributed by atoms with van der Waals surface area (Å²) in [6.45, 7) is 4.66. The second kappa shape index (κ2) is 7.43. The summed E-state index contributed by atoms with van der Waals surface area (Å²) in [5, 5.41) is 12.1. The number of rotatable bonds is 8. The summed E-state index contributed by atoms with van der Waals surface area (Å²) < 4.78 is 5.23. The van der Waals surface area contributed by atoms with Gasteiger partial charge >= 0.3 is 0 Å². The van der Waals surface area contributed by atoms with Crippen LogP contribution in [-0.2, 0) is 11.3 Å². The predicted molar refractivity (Wildman–Crippen MR) is 83.4 cm³/mol. The Morgan fingerprint density at radius 3 is 2.81 bits per heavy atom. The van der Waals surface area contributed by atoms with Gasteiger partial charge in [-0.1, -0.05) is 29.4 Å². The van der Waals surface area contributed by atoms with Gasteiger partial charge in [0.05, 0.1) is 6.61 Å². The van der Waals surface area contributed by atoms with Crippen molar-refractivity contribution in [1.82, 2.24) is 4.90 Å². The van der Waals surface area contributed by atoms with Crippen LogP contribution in [0.2, 0.25) is 0 Å². The van der Waals surface area contributed by atoms with Crippen LogP contribution in [0.15, 0.2) is 29.4 Å². The summed E-state index contributed by atoms with van der Waals surface area (Å²) >= 11 is 0. The normalized spacial score (nSPS) is 17.2. The molecule has 1 aromatic rings. The zero-order valence-corrected chi connectivity index (χ0v) is 12.8. The first-order valence-corrected chi connectivity index (χ1v) is 7.46. The van der Waals surface area contributed by atoms with Gasteiger partial charge in [-0.25, -0.2) is 0 Å². The average Bonchev–Trinajstić information content (AvgIpc) is 3.35. The molecule has 0 radical (unpaired) electrons. The molecule has 1 unspecified atom stereocenters. The fraction of sp³-hybridized carbons (Fsp3) is 0.562. The lowest BCUT2D eigenvalue weighted by atomic mass is 10.0. The van der Waals surface area contributed by atoms with Gasteiger partial charge in [-0.2, -0.15) is 0 Å². The van der Waals surface area contributed by atoms with Crippen LogP contribution in [0.1, 0.15) is 30.9 Å². The minimum Gasteiger partial charge on any atom is -0.409 e. The van der Waals surface area contributed by atoms with Crippen molar-refractivity contribution in [3.05, 3.63) is 35.4 Å². The van der Waals surface area contributed by atoms with E-state index in [1.807, 2.05) is 24.3 Å². The molecule has 0 spiro atoms. The number of benzene rings is 1. The van der Waals surface area contributed by atoms with Crippen LogP contribution in [0.25, 0.3) is 0 Å². The fourth-order valence-corrected chi connectivity index (χ4v) is 2.69. The van der Waals surface area contributed by atoms with Gasteiger partial charge in [0.25, 0.3) is 0 Å². The largest absolute Gasteiger partial charge is 0.409 e. The van der Waals surface area contributed by atoms with Crippen LogP contribution in [0.5, 0.6) is 0 Å². The lowest BCUT2D eigenvalue weighted by Gasteiger charge is -2.29. The van der Waals surface area contributed by atoms with Crippen LogP contribution in [-0.4, -0.2) is 42.2 Å². The second-order valence-corrected chi connectivity index (χ2v) is 5.68. The third-order valence-corrected chi connectivity index (χ3v) is 4.24. The molecule has 116 valence electrons. The molecular weight excluding hydrogens is 266 g/mol. The van der Waals surface area contributed by atoms with Crippen molar-refractivity contribution in [2.45, 2.75) is 32.4 Å². The summed E-state index contributed by atoms with van der Waals surface area (Å²) in [5.74, 6) is 0.953. The van der Waals surface area contributed by atoms with Gasteiger partial charge in [0.2, 0.25) is 0 Å². The van der Waals surface area contributed by atoms with Crippen molar-refractivity contribution in [1.29, 1.82) is 0 Å². The zero-order valence-electron chi connectivity index (χ0n) is 12.8. The Balaban J connectivity index is 2.15. The Hall–Kier alpha value is -1.59. The molecule has 1 aromatic carbocycles. The summed E-state index contributed by atoms with van der Waals surface area (Å²) in [6.07, 6.45) is 2.62. The molecule has 0 bridgehead atoms. The first-order chi connectivity index (χ1) is 10.2. The third-order valence-electron chi connectivity index (χ3n) is 4.24. The molecule has 0 aromatic heterocycles. The molecule has 3 N–H and O–H groups in total. The van der Waals surface area contributed by atoms with Crippen LogP contribution >= 0.6 is 0 Å². The highest BCUT2D eigenvalue weighted by atomic mass is 16.5. The number of ether oxygens (including phenoxy) is 1. The van der Waals surface area contributed by atoms with E-state index in [4.69, 9.17) is 15.7 Å². The number of methoxy groups -OCH3 is 1. The van der Waals surface area contributed by atoms with Crippen LogP contribution < -0.4 is 5.73 Å². The number of amidine groups is 1. The lowest BCUT2D eigenvalue weighted by Crippen LogP contribution is -2.37. The van der Waals surface area contributed by atoms with E-state index >= 15 is 0 Å². The molecule has 2 rings (SSSR count). The lowest BCUT2D eigenvalue weighted by molar-refractivity contribution is 0.111. The summed E-state index contributed by atoms with van der Waals surface area (Å²) in [5.41, 5.74) is 7.65. The number of oxime groups is 1. The quantitative estimate of drug-likeness (QED) is 0.333. The summed E-state index contributed by atoms with van der Waals surface area (Å²) in [4.78, 5) is 2.42. The maximum Gasteiger partial charge on any atom is 0.170 e. The van der Waals surface area contributed by atoms with Crippen molar-refractivity contribution < 1.29 is 9.94 Å². The minimum absolute atomic E-state index is 0.163. The van der Waals surface area contributed by atoms with Crippen LogP contribution in [0, 0.1) is 5.92 Å².